The van der Waals surface area contributed by atoms with Crippen LogP contribution in [0, 0.1) is 0 Å². The summed E-state index contributed by atoms with van der Waals surface area (Å²) in [5.41, 5.74) is 0.532. The van der Waals surface area contributed by atoms with E-state index >= 15 is 0 Å². The van der Waals surface area contributed by atoms with Gasteiger partial charge in [0.25, 0.3) is 5.56 Å². The molecule has 154 valence electrons. The second-order valence-corrected chi connectivity index (χ2v) is 7.73. The predicted octanol–water partition coefficient (Wildman–Crippen LogP) is 3.21. The summed E-state index contributed by atoms with van der Waals surface area (Å²) in [6, 6.07) is 10.8. The van der Waals surface area contributed by atoms with Crippen LogP contribution in [0.3, 0.4) is 0 Å². The quantitative estimate of drug-likeness (QED) is 0.311. The number of furan rings is 1. The molecule has 8 heteroatoms. The van der Waals surface area contributed by atoms with Gasteiger partial charge in [0, 0.05) is 13.2 Å². The zero-order chi connectivity index (χ0) is 20.6. The number of fused-ring (bicyclic) bond motifs is 1. The number of amides is 1. The Kier molecular flexibility index (Phi) is 7.48. The molecule has 0 atom stereocenters. The van der Waals surface area contributed by atoms with E-state index in [4.69, 9.17) is 9.15 Å². The Morgan fingerprint density at radius 1 is 1.28 bits per heavy atom. The first kappa shape index (κ1) is 21.1. The summed E-state index contributed by atoms with van der Waals surface area (Å²) >= 11 is 1.25. The highest BCUT2D eigenvalue weighted by molar-refractivity contribution is 7.99. The Bertz CT molecular complexity index is 999. The fourth-order valence-corrected chi connectivity index (χ4v) is 3.63. The fraction of sp³-hybridized carbons (Fsp3) is 0.381. The summed E-state index contributed by atoms with van der Waals surface area (Å²) in [5.74, 6) is 0.700. The number of hydrogen-bond acceptors (Lipinski definition) is 6. The molecule has 7 nitrogen and oxygen atoms in total. The molecule has 1 aromatic carbocycles. The Labute approximate surface area is 173 Å². The maximum absolute atomic E-state index is 13.0. The molecule has 0 aliphatic heterocycles. The van der Waals surface area contributed by atoms with Crippen LogP contribution in [0.2, 0.25) is 0 Å². The summed E-state index contributed by atoms with van der Waals surface area (Å²) < 4.78 is 12.4. The van der Waals surface area contributed by atoms with Gasteiger partial charge in [0.05, 0.1) is 35.6 Å². The minimum absolute atomic E-state index is 0.0985. The lowest BCUT2D eigenvalue weighted by Gasteiger charge is -2.14. The van der Waals surface area contributed by atoms with Crippen molar-refractivity contribution in [2.75, 3.05) is 12.4 Å². The average molecular weight is 416 g/mol. The van der Waals surface area contributed by atoms with Crippen LogP contribution < -0.4 is 10.9 Å². The van der Waals surface area contributed by atoms with Gasteiger partial charge in [0.1, 0.15) is 5.76 Å². The van der Waals surface area contributed by atoms with Crippen molar-refractivity contribution in [1.29, 1.82) is 0 Å². The molecule has 1 amide bonds. The van der Waals surface area contributed by atoms with Gasteiger partial charge in [0.2, 0.25) is 5.91 Å². The number of carbonyl (C=O) groups is 1. The minimum atomic E-state index is -0.150. The van der Waals surface area contributed by atoms with Crippen LogP contribution in [0.25, 0.3) is 10.9 Å². The van der Waals surface area contributed by atoms with Crippen LogP contribution in [0.1, 0.15) is 26.0 Å². The van der Waals surface area contributed by atoms with Crippen LogP contribution in [0.15, 0.2) is 57.0 Å². The molecule has 2 heterocycles. The van der Waals surface area contributed by atoms with Gasteiger partial charge in [-0.3, -0.25) is 14.2 Å². The highest BCUT2D eigenvalue weighted by atomic mass is 32.2. The van der Waals surface area contributed by atoms with E-state index in [1.54, 1.807) is 29.0 Å². The minimum Gasteiger partial charge on any atom is -0.467 e. The average Bonchev–Trinajstić information content (AvgIpc) is 3.23. The van der Waals surface area contributed by atoms with Gasteiger partial charge in [-0.15, -0.1) is 0 Å². The van der Waals surface area contributed by atoms with Gasteiger partial charge < -0.3 is 14.5 Å². The number of rotatable bonds is 10. The molecule has 3 aromatic rings. The lowest BCUT2D eigenvalue weighted by molar-refractivity contribution is -0.118. The van der Waals surface area contributed by atoms with E-state index in [9.17, 15) is 9.59 Å². The van der Waals surface area contributed by atoms with Gasteiger partial charge in [-0.25, -0.2) is 4.98 Å². The molecular formula is C21H25N3O4S. The molecule has 1 N–H and O–H groups in total. The molecule has 29 heavy (non-hydrogen) atoms. The first-order chi connectivity index (χ1) is 14.0. The first-order valence-corrected chi connectivity index (χ1v) is 10.6. The Balaban J connectivity index is 1.71. The first-order valence-electron chi connectivity index (χ1n) is 9.57. The third kappa shape index (κ3) is 5.95. The lowest BCUT2D eigenvalue weighted by Crippen LogP contribution is -2.27. The molecule has 0 spiro atoms. The SMILES string of the molecule is CC(C)OCCCn1c(SCC(=O)NCc2ccco2)nc2ccccc2c1=O. The van der Waals surface area contributed by atoms with Crippen molar-refractivity contribution in [2.45, 2.75) is 44.6 Å². The predicted molar refractivity (Wildman–Crippen MR) is 113 cm³/mol. The molecule has 0 fully saturated rings. The van der Waals surface area contributed by atoms with Crippen molar-refractivity contribution in [3.8, 4) is 0 Å². The van der Waals surface area contributed by atoms with E-state index in [0.29, 0.717) is 47.9 Å². The number of thioether (sulfide) groups is 1. The number of carbonyl (C=O) groups excluding carboxylic acids is 1. The van der Waals surface area contributed by atoms with Crippen molar-refractivity contribution in [2.24, 2.45) is 0 Å². The van der Waals surface area contributed by atoms with E-state index in [1.807, 2.05) is 32.0 Å². The molecule has 2 aromatic heterocycles. The molecule has 3 rings (SSSR count). The van der Waals surface area contributed by atoms with E-state index in [0.717, 1.165) is 0 Å². The molecule has 0 aliphatic rings. The van der Waals surface area contributed by atoms with Crippen LogP contribution in [0.4, 0.5) is 0 Å². The van der Waals surface area contributed by atoms with E-state index in [1.165, 1.54) is 11.8 Å². The molecule has 0 bridgehead atoms. The van der Waals surface area contributed by atoms with Crippen molar-refractivity contribution in [3.63, 3.8) is 0 Å². The van der Waals surface area contributed by atoms with Crippen molar-refractivity contribution >= 4 is 28.6 Å². The standard InChI is InChI=1S/C21H25N3O4S/c1-15(2)27-12-6-10-24-20(26)17-8-3-4-9-18(17)23-21(24)29-14-19(25)22-13-16-7-5-11-28-16/h3-5,7-9,11,15H,6,10,12-14H2,1-2H3,(H,22,25). The van der Waals surface area contributed by atoms with E-state index in [-0.39, 0.29) is 23.3 Å². The van der Waals surface area contributed by atoms with Gasteiger partial charge in [0.15, 0.2) is 5.16 Å². The van der Waals surface area contributed by atoms with Crippen LogP contribution in [-0.2, 0) is 22.6 Å². The zero-order valence-electron chi connectivity index (χ0n) is 16.6. The van der Waals surface area contributed by atoms with Crippen LogP contribution in [-0.4, -0.2) is 33.9 Å². The molecular weight excluding hydrogens is 390 g/mol. The van der Waals surface area contributed by atoms with E-state index < -0.39 is 0 Å². The van der Waals surface area contributed by atoms with E-state index in [2.05, 4.69) is 10.3 Å². The number of para-hydroxylation sites is 1. The van der Waals surface area contributed by atoms with Crippen LogP contribution >= 0.6 is 11.8 Å². The lowest BCUT2D eigenvalue weighted by atomic mass is 10.2. The highest BCUT2D eigenvalue weighted by Crippen LogP contribution is 2.18. The maximum atomic E-state index is 13.0. The normalized spacial score (nSPS) is 11.3. The summed E-state index contributed by atoms with van der Waals surface area (Å²) in [6.07, 6.45) is 2.40. The molecule has 0 unspecified atom stereocenters. The molecule has 0 saturated heterocycles. The van der Waals surface area contributed by atoms with Gasteiger partial charge in [-0.2, -0.15) is 0 Å². The number of ether oxygens (including phenoxy) is 1. The van der Waals surface area contributed by atoms with Crippen molar-refractivity contribution in [1.82, 2.24) is 14.9 Å². The third-order valence-corrected chi connectivity index (χ3v) is 5.15. The molecule has 0 saturated carbocycles. The highest BCUT2D eigenvalue weighted by Gasteiger charge is 2.13. The molecule has 0 aliphatic carbocycles. The summed E-state index contributed by atoms with van der Waals surface area (Å²) in [4.78, 5) is 29.8. The topological polar surface area (TPSA) is 86.4 Å². The van der Waals surface area contributed by atoms with Gasteiger partial charge in [-0.1, -0.05) is 23.9 Å². The second kappa shape index (κ2) is 10.3. The summed E-state index contributed by atoms with van der Waals surface area (Å²) in [5, 5.41) is 3.91. The molecule has 0 radical (unpaired) electrons. The third-order valence-electron chi connectivity index (χ3n) is 4.18. The largest absolute Gasteiger partial charge is 0.467 e. The smallest absolute Gasteiger partial charge is 0.262 e. The van der Waals surface area contributed by atoms with Gasteiger partial charge >= 0.3 is 0 Å². The van der Waals surface area contributed by atoms with Crippen LogP contribution in [0.5, 0.6) is 0 Å². The summed E-state index contributed by atoms with van der Waals surface area (Å²) in [7, 11) is 0. The maximum Gasteiger partial charge on any atom is 0.262 e. The monoisotopic (exact) mass is 415 g/mol. The Morgan fingerprint density at radius 3 is 2.86 bits per heavy atom. The second-order valence-electron chi connectivity index (χ2n) is 6.79. The van der Waals surface area contributed by atoms with Gasteiger partial charge in [-0.05, 0) is 44.5 Å². The number of benzene rings is 1. The number of hydrogen-bond donors (Lipinski definition) is 1. The zero-order valence-corrected chi connectivity index (χ0v) is 17.4. The Morgan fingerprint density at radius 2 is 2.10 bits per heavy atom. The summed E-state index contributed by atoms with van der Waals surface area (Å²) in [6.45, 7) is 5.33. The van der Waals surface area contributed by atoms with Crippen molar-refractivity contribution < 1.29 is 13.9 Å². The number of nitrogens with zero attached hydrogens (tertiary/aromatic N) is 2. The fourth-order valence-electron chi connectivity index (χ4n) is 2.78. The number of aromatic nitrogens is 2. The van der Waals surface area contributed by atoms with Crippen molar-refractivity contribution in [3.05, 3.63) is 58.8 Å². The Hall–Kier alpha value is -2.58. The number of nitrogens with one attached hydrogen (secondary N) is 1.